The average Bonchev–Trinajstić information content (AvgIpc) is 2.37. The Morgan fingerprint density at radius 2 is 1.86 bits per heavy atom. The normalized spacial score (nSPS) is 13.8. The minimum atomic E-state index is -4.56. The molecule has 0 heterocycles. The van der Waals surface area contributed by atoms with Crippen LogP contribution in [0, 0.1) is 5.41 Å². The fraction of sp³-hybridized carbons (Fsp3) is 0.538. The maximum Gasteiger partial charge on any atom is 0.461 e. The molecule has 0 saturated heterocycles. The molecule has 0 saturated carbocycles. The first-order valence-electron chi connectivity index (χ1n) is 5.91. The van der Waals surface area contributed by atoms with E-state index in [4.69, 9.17) is 5.73 Å². The Morgan fingerprint density at radius 3 is 2.33 bits per heavy atom. The topological polar surface area (TPSA) is 55.5 Å². The van der Waals surface area contributed by atoms with Crippen LogP contribution in [-0.4, -0.2) is 24.2 Å². The zero-order valence-corrected chi connectivity index (χ0v) is 12.3. The molecule has 0 bridgehead atoms. The number of hydrogen-bond donors (Lipinski definition) is 2. The third-order valence-corrected chi connectivity index (χ3v) is 2.97. The van der Waals surface area contributed by atoms with Crippen LogP contribution in [0.4, 0.5) is 17.6 Å². The second kappa shape index (κ2) is 7.29. The van der Waals surface area contributed by atoms with Gasteiger partial charge >= 0.3 is 12.5 Å². The van der Waals surface area contributed by atoms with Crippen molar-refractivity contribution < 1.29 is 27.4 Å². The molecule has 1 aromatic rings. The third-order valence-electron chi connectivity index (χ3n) is 2.97. The maximum atomic E-state index is 12.8. The summed E-state index contributed by atoms with van der Waals surface area (Å²) in [5.74, 6) is -0.406. The van der Waals surface area contributed by atoms with Gasteiger partial charge in [0.1, 0.15) is 5.75 Å². The minimum Gasteiger partial charge on any atom is -0.428 e. The van der Waals surface area contributed by atoms with Crippen LogP contribution in [0.5, 0.6) is 5.75 Å². The number of hydrogen-bond acceptors (Lipinski definition) is 3. The van der Waals surface area contributed by atoms with Crippen LogP contribution >= 0.6 is 12.4 Å². The van der Waals surface area contributed by atoms with Gasteiger partial charge < -0.3 is 15.6 Å². The molecule has 3 N–H and O–H groups in total. The second-order valence-corrected chi connectivity index (χ2v) is 5.16. The lowest BCUT2D eigenvalue weighted by Crippen LogP contribution is -2.34. The summed E-state index contributed by atoms with van der Waals surface area (Å²) in [5, 5.41) is 9.22. The lowest BCUT2D eigenvalue weighted by Gasteiger charge is -2.30. The van der Waals surface area contributed by atoms with Gasteiger partial charge in [-0.2, -0.15) is 17.6 Å². The summed E-state index contributed by atoms with van der Waals surface area (Å²) in [4.78, 5) is 0. The monoisotopic (exact) mass is 331 g/mol. The van der Waals surface area contributed by atoms with Crippen LogP contribution in [-0.2, 0) is 0 Å². The highest BCUT2D eigenvalue weighted by Gasteiger charge is 2.44. The molecule has 0 aliphatic carbocycles. The summed E-state index contributed by atoms with van der Waals surface area (Å²) < 4.78 is 53.8. The highest BCUT2D eigenvalue weighted by atomic mass is 35.5. The number of ether oxygens (including phenoxy) is 1. The Labute approximate surface area is 126 Å². The molecule has 21 heavy (non-hydrogen) atoms. The van der Waals surface area contributed by atoms with E-state index in [1.165, 1.54) is 12.1 Å². The van der Waals surface area contributed by atoms with E-state index in [0.717, 1.165) is 6.07 Å². The zero-order chi connectivity index (χ0) is 15.6. The van der Waals surface area contributed by atoms with Gasteiger partial charge in [-0.15, -0.1) is 12.4 Å². The molecular formula is C13H18ClF4NO2. The minimum absolute atomic E-state index is 0. The van der Waals surface area contributed by atoms with Crippen molar-refractivity contribution in [3.63, 3.8) is 0 Å². The molecule has 0 radical (unpaired) electrons. The number of benzene rings is 1. The molecule has 0 aliphatic rings. The molecule has 0 amide bonds. The Kier molecular flexibility index (Phi) is 6.92. The molecule has 0 aromatic heterocycles. The molecule has 1 rings (SSSR count). The Hall–Kier alpha value is -1.05. The number of aliphatic hydroxyl groups excluding tert-OH is 1. The van der Waals surface area contributed by atoms with Gasteiger partial charge in [-0.1, -0.05) is 26.0 Å². The van der Waals surface area contributed by atoms with Crippen molar-refractivity contribution in [2.24, 2.45) is 11.1 Å². The van der Waals surface area contributed by atoms with E-state index in [1.807, 2.05) is 0 Å². The van der Waals surface area contributed by atoms with Crippen molar-refractivity contribution >= 4 is 12.4 Å². The summed E-state index contributed by atoms with van der Waals surface area (Å²) in [6.45, 7) is 3.17. The molecule has 0 aliphatic heterocycles. The van der Waals surface area contributed by atoms with E-state index in [2.05, 4.69) is 4.74 Å². The average molecular weight is 332 g/mol. The van der Waals surface area contributed by atoms with Crippen LogP contribution in [0.15, 0.2) is 24.3 Å². The molecule has 1 atom stereocenters. The molecule has 3 nitrogen and oxygen atoms in total. The highest BCUT2D eigenvalue weighted by molar-refractivity contribution is 5.85. The number of alkyl halides is 4. The summed E-state index contributed by atoms with van der Waals surface area (Å²) in [7, 11) is 0. The molecule has 122 valence electrons. The summed E-state index contributed by atoms with van der Waals surface area (Å²) in [6.07, 6.45) is -8.48. The van der Waals surface area contributed by atoms with E-state index >= 15 is 0 Å². The van der Waals surface area contributed by atoms with Crippen LogP contribution in [0.3, 0.4) is 0 Å². The van der Waals surface area contributed by atoms with Crippen LogP contribution < -0.4 is 10.5 Å². The highest BCUT2D eigenvalue weighted by Crippen LogP contribution is 2.34. The Bertz CT molecular complexity index is 458. The van der Waals surface area contributed by atoms with Gasteiger partial charge in [0.2, 0.25) is 0 Å². The molecular weight excluding hydrogens is 314 g/mol. The fourth-order valence-corrected chi connectivity index (χ4v) is 1.52. The van der Waals surface area contributed by atoms with Crippen molar-refractivity contribution in [2.45, 2.75) is 32.4 Å². The number of rotatable bonds is 6. The predicted octanol–water partition coefficient (Wildman–Crippen LogP) is 3.36. The van der Waals surface area contributed by atoms with Crippen molar-refractivity contribution in [3.05, 3.63) is 29.8 Å². The van der Waals surface area contributed by atoms with E-state index < -0.39 is 29.7 Å². The van der Waals surface area contributed by atoms with Crippen LogP contribution in [0.2, 0.25) is 0 Å². The van der Waals surface area contributed by atoms with Crippen LogP contribution in [0.1, 0.15) is 25.5 Å². The van der Waals surface area contributed by atoms with E-state index in [0.29, 0.717) is 5.56 Å². The largest absolute Gasteiger partial charge is 0.461 e. The van der Waals surface area contributed by atoms with Crippen molar-refractivity contribution in [3.8, 4) is 5.75 Å². The lowest BCUT2D eigenvalue weighted by molar-refractivity contribution is -0.253. The number of nitrogens with two attached hydrogens (primary N) is 1. The maximum absolute atomic E-state index is 12.8. The van der Waals surface area contributed by atoms with Crippen LogP contribution in [0.25, 0.3) is 0 Å². The van der Waals surface area contributed by atoms with Gasteiger partial charge in [-0.25, -0.2) is 0 Å². The fourth-order valence-electron chi connectivity index (χ4n) is 1.52. The molecule has 0 unspecified atom stereocenters. The first-order chi connectivity index (χ1) is 9.10. The SMILES string of the molecule is CC(C)(CO)[C@@H](N)c1cccc(OC(F)(F)C(F)F)c1.Cl. The first kappa shape index (κ1) is 19.9. The van der Waals surface area contributed by atoms with Gasteiger partial charge in [0, 0.05) is 18.1 Å². The summed E-state index contributed by atoms with van der Waals surface area (Å²) >= 11 is 0. The van der Waals surface area contributed by atoms with Crippen molar-refractivity contribution in [2.75, 3.05) is 6.61 Å². The third kappa shape index (κ3) is 5.01. The predicted molar refractivity (Wildman–Crippen MR) is 73.1 cm³/mol. The van der Waals surface area contributed by atoms with Gasteiger partial charge in [-0.3, -0.25) is 0 Å². The van der Waals surface area contributed by atoms with E-state index in [-0.39, 0.29) is 19.0 Å². The van der Waals surface area contributed by atoms with Gasteiger partial charge in [0.15, 0.2) is 0 Å². The van der Waals surface area contributed by atoms with E-state index in [9.17, 15) is 22.7 Å². The molecule has 8 heteroatoms. The molecule has 0 fully saturated rings. The summed E-state index contributed by atoms with van der Waals surface area (Å²) in [5.41, 5.74) is 5.64. The van der Waals surface area contributed by atoms with Crippen molar-refractivity contribution in [1.82, 2.24) is 0 Å². The first-order valence-corrected chi connectivity index (χ1v) is 5.91. The quantitative estimate of drug-likeness (QED) is 0.786. The zero-order valence-electron chi connectivity index (χ0n) is 11.5. The van der Waals surface area contributed by atoms with Crippen molar-refractivity contribution in [1.29, 1.82) is 0 Å². The smallest absolute Gasteiger partial charge is 0.428 e. The Balaban J connectivity index is 0.00000400. The van der Waals surface area contributed by atoms with Gasteiger partial charge in [0.05, 0.1) is 0 Å². The van der Waals surface area contributed by atoms with E-state index in [1.54, 1.807) is 19.9 Å². The number of aliphatic hydroxyl groups is 1. The Morgan fingerprint density at radius 1 is 1.29 bits per heavy atom. The molecule has 1 aromatic carbocycles. The molecule has 0 spiro atoms. The van der Waals surface area contributed by atoms with Gasteiger partial charge in [-0.05, 0) is 17.7 Å². The number of halogens is 5. The van der Waals surface area contributed by atoms with Gasteiger partial charge in [0.25, 0.3) is 0 Å². The lowest BCUT2D eigenvalue weighted by atomic mass is 9.82. The standard InChI is InChI=1S/C13H17F4NO2.ClH/c1-12(2,7-19)10(18)8-4-3-5-9(6-8)20-13(16,17)11(14)15;/h3-6,10-11,19H,7,18H2,1-2H3;1H/t10-;/m0./s1. The second-order valence-electron chi connectivity index (χ2n) is 5.16. The summed E-state index contributed by atoms with van der Waals surface area (Å²) in [6, 6.07) is 4.57.